The van der Waals surface area contributed by atoms with Crippen LogP contribution in [-0.4, -0.2) is 20.2 Å². The summed E-state index contributed by atoms with van der Waals surface area (Å²) in [5, 5.41) is 2.53. The highest BCUT2D eigenvalue weighted by atomic mass is 32.2. The van der Waals surface area contributed by atoms with E-state index in [2.05, 4.69) is 5.32 Å². The van der Waals surface area contributed by atoms with E-state index in [1.807, 2.05) is 18.6 Å². The van der Waals surface area contributed by atoms with Crippen molar-refractivity contribution in [1.29, 1.82) is 0 Å². The highest BCUT2D eigenvalue weighted by Gasteiger charge is 2.18. The molecule has 0 unspecified atom stereocenters. The highest BCUT2D eigenvalue weighted by Crippen LogP contribution is 2.14. The third kappa shape index (κ3) is 5.51. The normalized spacial score (nSPS) is 10.1. The number of amides is 2. The quantitative estimate of drug-likeness (QED) is 0.888. The van der Waals surface area contributed by atoms with Crippen molar-refractivity contribution in [1.82, 2.24) is 4.72 Å². The molecule has 0 atom stereocenters. The minimum absolute atomic E-state index is 0.0640. The molecule has 6 nitrogen and oxygen atoms in total. The Balaban J connectivity index is 0.00000139. The zero-order valence-corrected chi connectivity index (χ0v) is 14.6. The van der Waals surface area contributed by atoms with Gasteiger partial charge in [0.1, 0.15) is 0 Å². The van der Waals surface area contributed by atoms with Crippen LogP contribution < -0.4 is 10.0 Å². The summed E-state index contributed by atoms with van der Waals surface area (Å²) < 4.78 is 26.3. The Hall–Kier alpha value is -2.67. The van der Waals surface area contributed by atoms with Crippen LogP contribution in [0, 0.1) is 0 Å². The molecule has 0 radical (unpaired) electrons. The first-order valence-electron chi connectivity index (χ1n) is 7.38. The maximum absolute atomic E-state index is 12.1. The molecule has 2 rings (SSSR count). The molecule has 2 amide bonds. The molecule has 0 fully saturated rings. The number of carbonyl (C=O) groups excluding carboxylic acids is 2. The predicted octanol–water partition coefficient (Wildman–Crippen LogP) is 2.79. The Morgan fingerprint density at radius 2 is 1.42 bits per heavy atom. The second-order valence-electron chi connectivity index (χ2n) is 4.51. The van der Waals surface area contributed by atoms with Crippen LogP contribution in [0.3, 0.4) is 0 Å². The number of nitrogens with one attached hydrogen (secondary N) is 2. The summed E-state index contributed by atoms with van der Waals surface area (Å²) >= 11 is 0. The summed E-state index contributed by atoms with van der Waals surface area (Å²) in [6.45, 7) is 5.35. The number of sulfonamides is 1. The summed E-state index contributed by atoms with van der Waals surface area (Å²) in [5.41, 5.74) is 0.724. The van der Waals surface area contributed by atoms with Crippen LogP contribution in [0.2, 0.25) is 0 Å². The smallest absolute Gasteiger partial charge is 0.264 e. The number of hydrogen-bond acceptors (Lipinski definition) is 4. The molecule has 2 aromatic carbocycles. The van der Waals surface area contributed by atoms with Crippen LogP contribution in [0.1, 0.15) is 31.1 Å². The maximum atomic E-state index is 12.1. The molecule has 0 bridgehead atoms. The van der Waals surface area contributed by atoms with Crippen molar-refractivity contribution in [2.75, 3.05) is 5.32 Å². The molecule has 0 heterocycles. The van der Waals surface area contributed by atoms with Crippen molar-refractivity contribution >= 4 is 27.5 Å². The van der Waals surface area contributed by atoms with Crippen molar-refractivity contribution in [3.05, 3.63) is 60.2 Å². The van der Waals surface area contributed by atoms with Crippen LogP contribution in [-0.2, 0) is 14.8 Å². The Labute approximate surface area is 142 Å². The summed E-state index contributed by atoms with van der Waals surface area (Å²) in [7, 11) is -3.97. The van der Waals surface area contributed by atoms with Gasteiger partial charge in [0.05, 0.1) is 4.90 Å². The number of rotatable bonds is 4. The van der Waals surface area contributed by atoms with E-state index in [4.69, 9.17) is 0 Å². The fraction of sp³-hybridized carbons (Fsp3) is 0.176. The van der Waals surface area contributed by atoms with Crippen LogP contribution in [0.15, 0.2) is 59.5 Å². The molecular formula is C17H20N2O4S. The van der Waals surface area contributed by atoms with Gasteiger partial charge in [-0.05, 0) is 36.4 Å². The fourth-order valence-electron chi connectivity index (χ4n) is 1.75. The lowest BCUT2D eigenvalue weighted by Crippen LogP contribution is -2.30. The van der Waals surface area contributed by atoms with Gasteiger partial charge in [0, 0.05) is 18.2 Å². The third-order valence-corrected chi connectivity index (χ3v) is 4.09. The van der Waals surface area contributed by atoms with Crippen molar-refractivity contribution in [2.45, 2.75) is 25.7 Å². The zero-order valence-electron chi connectivity index (χ0n) is 13.7. The summed E-state index contributed by atoms with van der Waals surface area (Å²) in [6, 6.07) is 13.6. The average Bonchev–Trinajstić information content (AvgIpc) is 2.57. The molecule has 0 saturated heterocycles. The molecule has 2 N–H and O–H groups in total. The maximum Gasteiger partial charge on any atom is 0.264 e. The molecule has 0 aromatic heterocycles. The SMILES string of the molecule is CC.CC(=O)Nc1ccc(S(=O)(=O)NC(=O)c2ccccc2)cc1. The lowest BCUT2D eigenvalue weighted by atomic mass is 10.2. The van der Waals surface area contributed by atoms with Gasteiger partial charge in [-0.25, -0.2) is 13.1 Å². The van der Waals surface area contributed by atoms with E-state index in [1.54, 1.807) is 18.2 Å². The molecule has 128 valence electrons. The minimum Gasteiger partial charge on any atom is -0.326 e. The number of anilines is 1. The van der Waals surface area contributed by atoms with Gasteiger partial charge in [0.15, 0.2) is 0 Å². The molecule has 24 heavy (non-hydrogen) atoms. The average molecular weight is 348 g/mol. The zero-order chi connectivity index (χ0) is 18.2. The third-order valence-electron chi connectivity index (χ3n) is 2.75. The van der Waals surface area contributed by atoms with Gasteiger partial charge in [-0.3, -0.25) is 9.59 Å². The predicted molar refractivity (Wildman–Crippen MR) is 93.2 cm³/mol. The van der Waals surface area contributed by atoms with E-state index in [0.29, 0.717) is 5.69 Å². The molecule has 7 heteroatoms. The second kappa shape index (κ2) is 8.83. The number of hydrogen-bond donors (Lipinski definition) is 2. The Bertz CT molecular complexity index is 785. The highest BCUT2D eigenvalue weighted by molar-refractivity contribution is 7.90. The standard InChI is InChI=1S/C15H14N2O4S.C2H6/c1-11(18)16-13-7-9-14(10-8-13)22(20,21)17-15(19)12-5-3-2-4-6-12;1-2/h2-10H,1H3,(H,16,18)(H,17,19);1-2H3. The molecule has 0 aliphatic carbocycles. The van der Waals surface area contributed by atoms with E-state index in [-0.39, 0.29) is 16.4 Å². The molecule has 0 aliphatic heterocycles. The number of benzene rings is 2. The Morgan fingerprint density at radius 3 is 1.92 bits per heavy atom. The first-order valence-corrected chi connectivity index (χ1v) is 8.87. The van der Waals surface area contributed by atoms with Gasteiger partial charge in [-0.1, -0.05) is 32.0 Å². The molecular weight excluding hydrogens is 328 g/mol. The monoisotopic (exact) mass is 348 g/mol. The molecule has 0 saturated carbocycles. The van der Waals surface area contributed by atoms with E-state index >= 15 is 0 Å². The van der Waals surface area contributed by atoms with E-state index in [9.17, 15) is 18.0 Å². The molecule has 0 aliphatic rings. The van der Waals surface area contributed by atoms with Gasteiger partial charge in [-0.2, -0.15) is 0 Å². The summed E-state index contributed by atoms with van der Waals surface area (Å²) in [4.78, 5) is 22.7. The van der Waals surface area contributed by atoms with Crippen LogP contribution in [0.4, 0.5) is 5.69 Å². The van der Waals surface area contributed by atoms with Crippen molar-refractivity contribution < 1.29 is 18.0 Å². The van der Waals surface area contributed by atoms with Crippen LogP contribution in [0.25, 0.3) is 0 Å². The summed E-state index contributed by atoms with van der Waals surface area (Å²) in [6.07, 6.45) is 0. The van der Waals surface area contributed by atoms with Gasteiger partial charge in [0.25, 0.3) is 15.9 Å². The fourth-order valence-corrected chi connectivity index (χ4v) is 2.72. The van der Waals surface area contributed by atoms with Gasteiger partial charge in [-0.15, -0.1) is 0 Å². The van der Waals surface area contributed by atoms with Crippen molar-refractivity contribution in [3.63, 3.8) is 0 Å². The van der Waals surface area contributed by atoms with Crippen LogP contribution >= 0.6 is 0 Å². The van der Waals surface area contributed by atoms with Crippen LogP contribution in [0.5, 0.6) is 0 Å². The van der Waals surface area contributed by atoms with Gasteiger partial charge in [0.2, 0.25) is 5.91 Å². The van der Waals surface area contributed by atoms with Gasteiger partial charge >= 0.3 is 0 Å². The van der Waals surface area contributed by atoms with E-state index in [0.717, 1.165) is 0 Å². The number of carbonyl (C=O) groups is 2. The topological polar surface area (TPSA) is 92.3 Å². The largest absolute Gasteiger partial charge is 0.326 e. The van der Waals surface area contributed by atoms with Crippen molar-refractivity contribution in [2.24, 2.45) is 0 Å². The lowest BCUT2D eigenvalue weighted by Gasteiger charge is -2.08. The van der Waals surface area contributed by atoms with E-state index < -0.39 is 15.9 Å². The minimum atomic E-state index is -3.97. The van der Waals surface area contributed by atoms with Crippen molar-refractivity contribution in [3.8, 4) is 0 Å². The van der Waals surface area contributed by atoms with Gasteiger partial charge < -0.3 is 5.32 Å². The summed E-state index contributed by atoms with van der Waals surface area (Å²) in [5.74, 6) is -0.959. The second-order valence-corrected chi connectivity index (χ2v) is 6.19. The Kier molecular flexibility index (Phi) is 7.13. The van der Waals surface area contributed by atoms with E-state index in [1.165, 1.54) is 43.3 Å². The molecule has 0 spiro atoms. The first kappa shape index (κ1) is 19.4. The lowest BCUT2D eigenvalue weighted by molar-refractivity contribution is -0.114. The molecule has 2 aromatic rings. The first-order chi connectivity index (χ1) is 11.4. The Morgan fingerprint density at radius 1 is 0.875 bits per heavy atom.